The van der Waals surface area contributed by atoms with Crippen LogP contribution in [0.4, 0.5) is 19.2 Å². The molecule has 1 aliphatic heterocycles. The minimum atomic E-state index is -0.395. The highest BCUT2D eigenvalue weighted by Crippen LogP contribution is 2.10. The van der Waals surface area contributed by atoms with Crippen molar-refractivity contribution >= 4 is 24.4 Å². The summed E-state index contributed by atoms with van der Waals surface area (Å²) >= 11 is 0. The molecular formula is C58H84N8O8. The average Bonchev–Trinajstić information content (AvgIpc) is 3.43. The van der Waals surface area contributed by atoms with E-state index in [1.807, 2.05) is 121 Å². The van der Waals surface area contributed by atoms with E-state index in [0.29, 0.717) is 26.2 Å². The number of carbonyl (C=O) groups excluding carboxylic acids is 4. The molecule has 0 bridgehead atoms. The van der Waals surface area contributed by atoms with Crippen LogP contribution in [0.5, 0.6) is 0 Å². The van der Waals surface area contributed by atoms with Crippen LogP contribution in [0.25, 0.3) is 0 Å². The topological polar surface area (TPSA) is 166 Å². The number of alkyl carbamates (subject to hydrolysis) is 4. The van der Waals surface area contributed by atoms with Gasteiger partial charge in [-0.2, -0.15) is 0 Å². The fourth-order valence-electron chi connectivity index (χ4n) is 8.64. The molecule has 0 radical (unpaired) electrons. The van der Waals surface area contributed by atoms with Gasteiger partial charge in [0.05, 0.1) is 0 Å². The van der Waals surface area contributed by atoms with Gasteiger partial charge in [0.1, 0.15) is 26.4 Å². The minimum absolute atomic E-state index is 0.248. The molecule has 74 heavy (non-hydrogen) atoms. The van der Waals surface area contributed by atoms with Crippen molar-refractivity contribution in [3.05, 3.63) is 144 Å². The second-order valence-electron chi connectivity index (χ2n) is 18.9. The van der Waals surface area contributed by atoms with Crippen LogP contribution in [-0.4, -0.2) is 149 Å². The van der Waals surface area contributed by atoms with E-state index in [1.165, 1.54) is 0 Å². The molecule has 4 N–H and O–H groups in total. The molecule has 4 amide bonds. The molecule has 0 saturated carbocycles. The highest BCUT2D eigenvalue weighted by atomic mass is 16.6. The van der Waals surface area contributed by atoms with Gasteiger partial charge < -0.3 is 59.8 Å². The molecule has 4 aromatic rings. The summed E-state index contributed by atoms with van der Waals surface area (Å²) in [6, 6.07) is 38.8. The summed E-state index contributed by atoms with van der Waals surface area (Å²) in [4.78, 5) is 60.0. The van der Waals surface area contributed by atoms with Gasteiger partial charge in [0, 0.05) is 52.4 Å². The smallest absolute Gasteiger partial charge is 0.407 e. The van der Waals surface area contributed by atoms with Gasteiger partial charge >= 0.3 is 24.4 Å². The van der Waals surface area contributed by atoms with E-state index in [0.717, 1.165) is 165 Å². The van der Waals surface area contributed by atoms with Gasteiger partial charge in [-0.15, -0.1) is 0 Å². The van der Waals surface area contributed by atoms with E-state index >= 15 is 0 Å². The predicted octanol–water partition coefficient (Wildman–Crippen LogP) is 8.81. The second kappa shape index (κ2) is 37.5. The Morgan fingerprint density at radius 1 is 0.311 bits per heavy atom. The van der Waals surface area contributed by atoms with Gasteiger partial charge in [0.15, 0.2) is 0 Å². The molecule has 0 atom stereocenters. The average molecular weight is 1020 g/mol. The first-order valence-electron chi connectivity index (χ1n) is 27.1. The van der Waals surface area contributed by atoms with Gasteiger partial charge in [-0.1, -0.05) is 121 Å². The van der Waals surface area contributed by atoms with Crippen molar-refractivity contribution in [1.82, 2.24) is 40.9 Å². The summed E-state index contributed by atoms with van der Waals surface area (Å²) in [6.45, 7) is 14.6. The third-order valence-corrected chi connectivity index (χ3v) is 12.9. The first-order valence-corrected chi connectivity index (χ1v) is 27.1. The van der Waals surface area contributed by atoms with Crippen LogP contribution in [0.2, 0.25) is 0 Å². The number of nitrogens with one attached hydrogen (secondary N) is 4. The highest BCUT2D eigenvalue weighted by Gasteiger charge is 2.16. The van der Waals surface area contributed by atoms with E-state index < -0.39 is 24.4 Å². The third kappa shape index (κ3) is 27.7. The summed E-state index contributed by atoms with van der Waals surface area (Å²) in [5.74, 6) is 0. The van der Waals surface area contributed by atoms with Crippen LogP contribution in [0, 0.1) is 0 Å². The Hall–Kier alpha value is -6.20. The van der Waals surface area contributed by atoms with Crippen LogP contribution in [0.15, 0.2) is 121 Å². The zero-order valence-electron chi connectivity index (χ0n) is 43.8. The molecular weight excluding hydrogens is 937 g/mol. The number of benzene rings is 4. The Bertz CT molecular complexity index is 1800. The lowest BCUT2D eigenvalue weighted by atomic mass is 10.2. The Morgan fingerprint density at radius 2 is 0.527 bits per heavy atom. The number of rotatable bonds is 28. The van der Waals surface area contributed by atoms with Crippen molar-refractivity contribution in [2.24, 2.45) is 0 Å². The Balaban J connectivity index is 1.12. The molecule has 0 unspecified atom stereocenters. The van der Waals surface area contributed by atoms with E-state index in [4.69, 9.17) is 18.9 Å². The fourth-order valence-corrected chi connectivity index (χ4v) is 8.64. The SMILES string of the molecule is O=C(NCCCCN1CCCN(CCCCNC(=O)OCc2ccccc2)CCN(CCCCNC(=O)OCc2ccccc2)CCCN(CCCCNC(=O)OCc2ccccc2)CC1)OCc1ccccc1. The molecule has 1 fully saturated rings. The molecule has 0 aliphatic carbocycles. The molecule has 5 rings (SSSR count). The van der Waals surface area contributed by atoms with Crippen molar-refractivity contribution in [3.8, 4) is 0 Å². The molecule has 4 aromatic carbocycles. The summed E-state index contributed by atoms with van der Waals surface area (Å²) in [6.07, 6.45) is 7.68. The first-order chi connectivity index (χ1) is 36.4. The molecule has 16 heteroatoms. The van der Waals surface area contributed by atoms with Gasteiger partial charge in [0.2, 0.25) is 0 Å². The van der Waals surface area contributed by atoms with Crippen molar-refractivity contribution in [2.75, 3.05) is 105 Å². The van der Waals surface area contributed by atoms with Gasteiger partial charge in [-0.05, 0) is 139 Å². The third-order valence-electron chi connectivity index (χ3n) is 12.9. The molecule has 0 aromatic heterocycles. The monoisotopic (exact) mass is 1020 g/mol. The zero-order valence-corrected chi connectivity index (χ0v) is 43.8. The molecule has 16 nitrogen and oxygen atoms in total. The van der Waals surface area contributed by atoms with Crippen LogP contribution in [-0.2, 0) is 45.4 Å². The van der Waals surface area contributed by atoms with Gasteiger partial charge in [-0.25, -0.2) is 19.2 Å². The van der Waals surface area contributed by atoms with Crippen molar-refractivity contribution in [3.63, 3.8) is 0 Å². The van der Waals surface area contributed by atoms with Gasteiger partial charge in [0.25, 0.3) is 0 Å². The number of unbranched alkanes of at least 4 members (excludes halogenated alkanes) is 4. The van der Waals surface area contributed by atoms with Crippen LogP contribution in [0.3, 0.4) is 0 Å². The summed E-state index contributed by atoms with van der Waals surface area (Å²) in [7, 11) is 0. The lowest BCUT2D eigenvalue weighted by molar-refractivity contribution is 0.137. The highest BCUT2D eigenvalue weighted by molar-refractivity contribution is 5.68. The number of hydrogen-bond donors (Lipinski definition) is 4. The lowest BCUT2D eigenvalue weighted by Crippen LogP contribution is -2.42. The summed E-state index contributed by atoms with van der Waals surface area (Å²) < 4.78 is 21.7. The Kier molecular flexibility index (Phi) is 29.8. The van der Waals surface area contributed by atoms with E-state index in [9.17, 15) is 19.2 Å². The second-order valence-corrected chi connectivity index (χ2v) is 18.9. The zero-order chi connectivity index (χ0) is 51.9. The summed E-state index contributed by atoms with van der Waals surface area (Å²) in [5.41, 5.74) is 3.83. The number of carbonyl (C=O) groups is 4. The molecule has 1 heterocycles. The molecule has 404 valence electrons. The number of ether oxygens (including phenoxy) is 4. The van der Waals surface area contributed by atoms with E-state index in [2.05, 4.69) is 40.9 Å². The maximum absolute atomic E-state index is 12.4. The quantitative estimate of drug-likeness (QED) is 0.0316. The first kappa shape index (κ1) is 58.7. The van der Waals surface area contributed by atoms with Crippen molar-refractivity contribution in [2.45, 2.75) is 90.6 Å². The van der Waals surface area contributed by atoms with E-state index in [1.54, 1.807) is 0 Å². The van der Waals surface area contributed by atoms with Gasteiger partial charge in [-0.3, -0.25) is 0 Å². The standard InChI is InChI=1S/C58H84N8O8/c67-55(71-47-51-23-5-1-6-24-51)59-31-13-17-35-63-39-21-40-65(37-19-15-33-61-57(69)73-49-53-27-9-3-10-28-53)45-46-66(38-20-16-34-62-58(70)74-50-54-29-11-4-12-30-54)42-22-41-64(44-43-63)36-18-14-32-60-56(68)72-48-52-25-7-2-8-26-52/h1-12,23-30H,13-22,31-50H2,(H,59,67)(H,60,68)(H,61,69)(H,62,70). The molecule has 1 aliphatic rings. The number of amides is 4. The van der Waals surface area contributed by atoms with Crippen LogP contribution >= 0.6 is 0 Å². The lowest BCUT2D eigenvalue weighted by Gasteiger charge is -2.32. The largest absolute Gasteiger partial charge is 0.445 e. The number of nitrogens with zero attached hydrogens (tertiary/aromatic N) is 4. The Labute approximate surface area is 440 Å². The normalized spacial score (nSPS) is 14.5. The Morgan fingerprint density at radius 3 is 0.743 bits per heavy atom. The van der Waals surface area contributed by atoms with Crippen molar-refractivity contribution < 1.29 is 38.1 Å². The molecule has 0 spiro atoms. The van der Waals surface area contributed by atoms with E-state index in [-0.39, 0.29) is 26.4 Å². The molecule has 1 saturated heterocycles. The number of hydrogen-bond acceptors (Lipinski definition) is 12. The maximum atomic E-state index is 12.4. The maximum Gasteiger partial charge on any atom is 0.407 e. The summed E-state index contributed by atoms with van der Waals surface area (Å²) in [5, 5.41) is 11.7. The van der Waals surface area contributed by atoms with Crippen LogP contribution < -0.4 is 21.3 Å². The van der Waals surface area contributed by atoms with Crippen LogP contribution in [0.1, 0.15) is 86.5 Å². The van der Waals surface area contributed by atoms with Crippen molar-refractivity contribution in [1.29, 1.82) is 0 Å². The minimum Gasteiger partial charge on any atom is -0.445 e. The predicted molar refractivity (Wildman–Crippen MR) is 290 cm³/mol. The fraction of sp³-hybridized carbons (Fsp3) is 0.517.